The van der Waals surface area contributed by atoms with Gasteiger partial charge in [-0.2, -0.15) is 0 Å². The van der Waals surface area contributed by atoms with Crippen molar-refractivity contribution in [1.29, 1.82) is 0 Å². The maximum absolute atomic E-state index is 14.1. The molecule has 2 aromatic rings. The predicted molar refractivity (Wildman–Crippen MR) is 115 cm³/mol. The molecule has 2 saturated heterocycles. The van der Waals surface area contributed by atoms with Crippen LogP contribution in [-0.2, 0) is 17.9 Å². The average molecular weight is 411 g/mol. The van der Waals surface area contributed by atoms with Gasteiger partial charge >= 0.3 is 0 Å². The molecule has 3 heterocycles. The lowest BCUT2D eigenvalue weighted by atomic mass is 9.79. The maximum Gasteiger partial charge on any atom is 0.236 e. The van der Waals surface area contributed by atoms with E-state index in [1.54, 1.807) is 12.3 Å². The Morgan fingerprint density at radius 2 is 2.03 bits per heavy atom. The number of nitrogens with zero attached hydrogens (tertiary/aromatic N) is 4. The minimum Gasteiger partial charge on any atom is -0.341 e. The van der Waals surface area contributed by atoms with Crippen molar-refractivity contribution < 1.29 is 9.18 Å². The van der Waals surface area contributed by atoms with Gasteiger partial charge in [-0.05, 0) is 50.6 Å². The number of hydrogen-bond acceptors (Lipinski definition) is 4. The zero-order valence-electron chi connectivity index (χ0n) is 17.8. The summed E-state index contributed by atoms with van der Waals surface area (Å²) >= 11 is 0. The van der Waals surface area contributed by atoms with Crippen LogP contribution < -0.4 is 0 Å². The first-order valence-corrected chi connectivity index (χ1v) is 10.8. The van der Waals surface area contributed by atoms with Crippen LogP contribution in [0.4, 0.5) is 4.39 Å². The molecule has 2 aliphatic heterocycles. The number of benzene rings is 1. The second-order valence-corrected chi connectivity index (χ2v) is 9.00. The average Bonchev–Trinajstić information content (AvgIpc) is 3.14. The monoisotopic (exact) mass is 410 g/mol. The second kappa shape index (κ2) is 9.23. The lowest BCUT2D eigenvalue weighted by Gasteiger charge is -2.40. The Morgan fingerprint density at radius 3 is 2.83 bits per heavy atom. The largest absolute Gasteiger partial charge is 0.341 e. The number of halogens is 1. The fourth-order valence-electron chi connectivity index (χ4n) is 4.98. The molecule has 1 aromatic carbocycles. The highest BCUT2D eigenvalue weighted by atomic mass is 19.1. The standard InChI is InChI=1S/C24H31FN4O/c1-27(15-20-6-4-11-26-14-20)17-23(30)29-13-10-24(19-29)9-5-12-28(18-24)16-21-7-2-3-8-22(21)25/h2-4,6-8,11,14H,5,9-10,12-13,15-19H2,1H3/t24-/m0/s1. The van der Waals surface area contributed by atoms with Crippen molar-refractivity contribution in [2.45, 2.75) is 32.4 Å². The van der Waals surface area contributed by atoms with Crippen LogP contribution in [0, 0.1) is 11.2 Å². The van der Waals surface area contributed by atoms with Crippen LogP contribution in [0.5, 0.6) is 0 Å². The summed E-state index contributed by atoms with van der Waals surface area (Å²) < 4.78 is 14.1. The van der Waals surface area contributed by atoms with Gasteiger partial charge in [-0.25, -0.2) is 4.39 Å². The van der Waals surface area contributed by atoms with E-state index < -0.39 is 0 Å². The Morgan fingerprint density at radius 1 is 1.17 bits per heavy atom. The molecule has 5 nitrogen and oxygen atoms in total. The van der Waals surface area contributed by atoms with E-state index >= 15 is 0 Å². The lowest BCUT2D eigenvalue weighted by Crippen LogP contribution is -2.46. The summed E-state index contributed by atoms with van der Waals surface area (Å²) in [6.45, 7) is 5.37. The first kappa shape index (κ1) is 20.9. The Hall–Kier alpha value is -2.31. The van der Waals surface area contributed by atoms with Gasteiger partial charge < -0.3 is 4.90 Å². The summed E-state index contributed by atoms with van der Waals surface area (Å²) in [5.74, 6) is 0.0708. The molecule has 160 valence electrons. The van der Waals surface area contributed by atoms with Crippen LogP contribution in [0.3, 0.4) is 0 Å². The number of amides is 1. The molecule has 1 spiro atoms. The molecule has 0 bridgehead atoms. The van der Waals surface area contributed by atoms with Crippen LogP contribution >= 0.6 is 0 Å². The minimum atomic E-state index is -0.128. The number of carbonyl (C=O) groups is 1. The molecule has 2 fully saturated rings. The molecule has 0 radical (unpaired) electrons. The molecule has 6 heteroatoms. The maximum atomic E-state index is 14.1. The zero-order valence-corrected chi connectivity index (χ0v) is 17.8. The van der Waals surface area contributed by atoms with Crippen molar-refractivity contribution in [2.24, 2.45) is 5.41 Å². The highest BCUT2D eigenvalue weighted by molar-refractivity contribution is 5.78. The fraction of sp³-hybridized carbons (Fsp3) is 0.500. The third-order valence-electron chi connectivity index (χ3n) is 6.46. The second-order valence-electron chi connectivity index (χ2n) is 9.00. The summed E-state index contributed by atoms with van der Waals surface area (Å²) in [6.07, 6.45) is 6.91. The summed E-state index contributed by atoms with van der Waals surface area (Å²) in [5.41, 5.74) is 2.03. The fourth-order valence-corrected chi connectivity index (χ4v) is 4.98. The van der Waals surface area contributed by atoms with Crippen molar-refractivity contribution in [3.8, 4) is 0 Å². The van der Waals surface area contributed by atoms with Crippen molar-refractivity contribution >= 4 is 5.91 Å². The van der Waals surface area contributed by atoms with Crippen LogP contribution in [0.1, 0.15) is 30.4 Å². The molecular weight excluding hydrogens is 379 g/mol. The number of aromatic nitrogens is 1. The topological polar surface area (TPSA) is 39.7 Å². The number of likely N-dealkylation sites (N-methyl/N-ethyl adjacent to an activating group) is 1. The third kappa shape index (κ3) is 5.05. The molecule has 1 atom stereocenters. The lowest BCUT2D eigenvalue weighted by molar-refractivity contribution is -0.131. The Bertz CT molecular complexity index is 861. The number of likely N-dealkylation sites (tertiary alicyclic amines) is 2. The highest BCUT2D eigenvalue weighted by Crippen LogP contribution is 2.39. The first-order valence-electron chi connectivity index (χ1n) is 10.8. The predicted octanol–water partition coefficient (Wildman–Crippen LogP) is 3.17. The van der Waals surface area contributed by atoms with Gasteiger partial charge in [-0.15, -0.1) is 0 Å². The van der Waals surface area contributed by atoms with Crippen LogP contribution in [0.2, 0.25) is 0 Å². The van der Waals surface area contributed by atoms with Gasteiger partial charge in [0.2, 0.25) is 5.91 Å². The number of rotatable bonds is 6. The number of pyridine rings is 1. The van der Waals surface area contributed by atoms with E-state index in [2.05, 4.69) is 14.8 Å². The van der Waals surface area contributed by atoms with Crippen molar-refractivity contribution in [1.82, 2.24) is 19.7 Å². The minimum absolute atomic E-state index is 0.128. The van der Waals surface area contributed by atoms with E-state index in [-0.39, 0.29) is 17.1 Å². The highest BCUT2D eigenvalue weighted by Gasteiger charge is 2.42. The SMILES string of the molecule is CN(CC(=O)N1CC[C@]2(CCCN(Cc3ccccc3F)C2)C1)Cc1cccnc1. The van der Waals surface area contributed by atoms with E-state index in [1.165, 1.54) is 6.07 Å². The molecular formula is C24H31FN4O. The molecule has 0 unspecified atom stereocenters. The first-order chi connectivity index (χ1) is 14.5. The smallest absolute Gasteiger partial charge is 0.236 e. The van der Waals surface area contributed by atoms with E-state index in [4.69, 9.17) is 0 Å². The van der Waals surface area contributed by atoms with Gasteiger partial charge in [0.05, 0.1) is 6.54 Å². The van der Waals surface area contributed by atoms with Gasteiger partial charge in [0.25, 0.3) is 0 Å². The summed E-state index contributed by atoms with van der Waals surface area (Å²) in [7, 11) is 1.98. The van der Waals surface area contributed by atoms with E-state index in [0.29, 0.717) is 13.1 Å². The van der Waals surface area contributed by atoms with Crippen LogP contribution in [-0.4, -0.2) is 65.4 Å². The quantitative estimate of drug-likeness (QED) is 0.733. The molecule has 0 aliphatic carbocycles. The normalized spacial score (nSPS) is 22.2. The number of hydrogen-bond donors (Lipinski definition) is 0. The van der Waals surface area contributed by atoms with Crippen LogP contribution in [0.25, 0.3) is 0 Å². The molecule has 30 heavy (non-hydrogen) atoms. The Kier molecular flexibility index (Phi) is 6.44. The van der Waals surface area contributed by atoms with Gasteiger partial charge in [0, 0.05) is 56.1 Å². The summed E-state index contributed by atoms with van der Waals surface area (Å²) in [4.78, 5) is 23.5. The summed E-state index contributed by atoms with van der Waals surface area (Å²) in [5, 5.41) is 0. The zero-order chi connectivity index (χ0) is 21.0. The Balaban J connectivity index is 1.31. The van der Waals surface area contributed by atoms with E-state index in [1.807, 2.05) is 42.4 Å². The molecule has 4 rings (SSSR count). The van der Waals surface area contributed by atoms with Crippen molar-refractivity contribution in [2.75, 3.05) is 39.8 Å². The van der Waals surface area contributed by atoms with Gasteiger partial charge in [0.1, 0.15) is 5.82 Å². The molecule has 0 N–H and O–H groups in total. The van der Waals surface area contributed by atoms with Crippen LogP contribution in [0.15, 0.2) is 48.8 Å². The van der Waals surface area contributed by atoms with Gasteiger partial charge in [-0.1, -0.05) is 24.3 Å². The molecule has 1 amide bonds. The van der Waals surface area contributed by atoms with Gasteiger partial charge in [-0.3, -0.25) is 19.6 Å². The Labute approximate surface area is 178 Å². The van der Waals surface area contributed by atoms with E-state index in [0.717, 1.165) is 63.1 Å². The molecule has 0 saturated carbocycles. The van der Waals surface area contributed by atoms with Gasteiger partial charge in [0.15, 0.2) is 0 Å². The van der Waals surface area contributed by atoms with Crippen molar-refractivity contribution in [3.05, 3.63) is 65.7 Å². The number of piperidine rings is 1. The third-order valence-corrected chi connectivity index (χ3v) is 6.46. The number of carbonyl (C=O) groups excluding carboxylic acids is 1. The van der Waals surface area contributed by atoms with Crippen molar-refractivity contribution in [3.63, 3.8) is 0 Å². The molecule has 2 aliphatic rings. The van der Waals surface area contributed by atoms with E-state index in [9.17, 15) is 9.18 Å². The molecule has 1 aromatic heterocycles. The summed E-state index contributed by atoms with van der Waals surface area (Å²) in [6, 6.07) is 11.0.